The van der Waals surface area contributed by atoms with Gasteiger partial charge in [0.05, 0.1) is 17.6 Å². The van der Waals surface area contributed by atoms with Gasteiger partial charge in [-0.2, -0.15) is 4.31 Å². The van der Waals surface area contributed by atoms with Crippen molar-refractivity contribution in [1.82, 2.24) is 9.21 Å². The summed E-state index contributed by atoms with van der Waals surface area (Å²) in [5, 5.41) is 1.88. The van der Waals surface area contributed by atoms with Gasteiger partial charge in [0.2, 0.25) is 10.0 Å². The van der Waals surface area contributed by atoms with Crippen LogP contribution in [0.15, 0.2) is 70.0 Å². The van der Waals surface area contributed by atoms with Crippen molar-refractivity contribution in [3.63, 3.8) is 0 Å². The van der Waals surface area contributed by atoms with Crippen LogP contribution in [0.3, 0.4) is 0 Å². The Morgan fingerprint density at radius 3 is 2.33 bits per heavy atom. The summed E-state index contributed by atoms with van der Waals surface area (Å²) in [7, 11) is -2.07. The van der Waals surface area contributed by atoms with Crippen molar-refractivity contribution < 1.29 is 17.9 Å². The van der Waals surface area contributed by atoms with Crippen LogP contribution in [-0.2, 0) is 10.0 Å². The maximum atomic E-state index is 13.1. The lowest BCUT2D eigenvalue weighted by molar-refractivity contribution is 0.0696. The molecule has 30 heavy (non-hydrogen) atoms. The largest absolute Gasteiger partial charge is 0.497 e. The number of carbonyl (C=O) groups is 1. The molecular weight excluding hydrogens is 468 g/mol. The molecule has 0 bridgehead atoms. The van der Waals surface area contributed by atoms with Gasteiger partial charge in [0, 0.05) is 30.7 Å². The summed E-state index contributed by atoms with van der Waals surface area (Å²) in [4.78, 5) is 14.9. The van der Waals surface area contributed by atoms with Gasteiger partial charge in [0.1, 0.15) is 5.75 Å². The molecule has 0 atom stereocenters. The number of piperazine rings is 1. The molecule has 0 spiro atoms. The van der Waals surface area contributed by atoms with E-state index in [1.165, 1.54) is 4.31 Å². The predicted molar refractivity (Wildman–Crippen MR) is 119 cm³/mol. The molecule has 0 aliphatic carbocycles. The number of ether oxygens (including phenoxy) is 1. The molecule has 0 aromatic heterocycles. The van der Waals surface area contributed by atoms with Crippen molar-refractivity contribution in [2.24, 2.45) is 0 Å². The average Bonchev–Trinajstić information content (AvgIpc) is 2.78. The third-order valence-corrected chi connectivity index (χ3v) is 7.87. The first-order chi connectivity index (χ1) is 14.4. The Labute approximate surface area is 184 Å². The molecule has 1 amide bonds. The number of fused-ring (bicyclic) bond motifs is 1. The quantitative estimate of drug-likeness (QED) is 0.560. The van der Waals surface area contributed by atoms with Gasteiger partial charge in [-0.05, 0) is 57.0 Å². The van der Waals surface area contributed by atoms with E-state index in [-0.39, 0.29) is 23.9 Å². The lowest BCUT2D eigenvalue weighted by Crippen LogP contribution is -2.50. The highest BCUT2D eigenvalue weighted by Gasteiger charge is 2.31. The molecule has 1 aliphatic heterocycles. The maximum absolute atomic E-state index is 13.1. The Morgan fingerprint density at radius 2 is 1.63 bits per heavy atom. The summed E-state index contributed by atoms with van der Waals surface area (Å²) >= 11 is 3.41. The molecule has 0 saturated carbocycles. The number of halogens is 1. The molecule has 3 aromatic rings. The SMILES string of the molecule is COc1ccc(Br)c(C(=O)N2CCN(S(=O)(=O)c3ccc4ccccc4c3)CC2)c1. The fourth-order valence-corrected chi connectivity index (χ4v) is 5.45. The van der Waals surface area contributed by atoms with Crippen molar-refractivity contribution in [3.8, 4) is 5.75 Å². The zero-order chi connectivity index (χ0) is 21.3. The Balaban J connectivity index is 1.50. The minimum Gasteiger partial charge on any atom is -0.497 e. The van der Waals surface area contributed by atoms with E-state index >= 15 is 0 Å². The number of hydrogen-bond donors (Lipinski definition) is 0. The van der Waals surface area contributed by atoms with Gasteiger partial charge in [-0.3, -0.25) is 4.79 Å². The molecule has 0 radical (unpaired) electrons. The van der Waals surface area contributed by atoms with Crippen LogP contribution in [0.1, 0.15) is 10.4 Å². The van der Waals surface area contributed by atoms with Crippen molar-refractivity contribution in [3.05, 3.63) is 70.7 Å². The van der Waals surface area contributed by atoms with Gasteiger partial charge in [0.25, 0.3) is 5.91 Å². The lowest BCUT2D eigenvalue weighted by Gasteiger charge is -2.34. The maximum Gasteiger partial charge on any atom is 0.255 e. The first kappa shape index (κ1) is 20.8. The fourth-order valence-electron chi connectivity index (χ4n) is 3.57. The van der Waals surface area contributed by atoms with E-state index in [9.17, 15) is 13.2 Å². The van der Waals surface area contributed by atoms with Crippen LogP contribution in [0, 0.1) is 0 Å². The van der Waals surface area contributed by atoms with Crippen molar-refractivity contribution in [1.29, 1.82) is 0 Å². The van der Waals surface area contributed by atoms with Gasteiger partial charge >= 0.3 is 0 Å². The van der Waals surface area contributed by atoms with E-state index in [0.717, 1.165) is 10.8 Å². The number of rotatable bonds is 4. The van der Waals surface area contributed by atoms with Crippen LogP contribution in [-0.4, -0.2) is 56.8 Å². The van der Waals surface area contributed by atoms with Crippen LogP contribution < -0.4 is 4.74 Å². The van der Waals surface area contributed by atoms with Gasteiger partial charge in [0.15, 0.2) is 0 Å². The molecule has 1 saturated heterocycles. The van der Waals surface area contributed by atoms with Gasteiger partial charge < -0.3 is 9.64 Å². The minimum atomic E-state index is -3.62. The highest BCUT2D eigenvalue weighted by atomic mass is 79.9. The topological polar surface area (TPSA) is 66.9 Å². The highest BCUT2D eigenvalue weighted by molar-refractivity contribution is 9.10. The zero-order valence-corrected chi connectivity index (χ0v) is 18.8. The molecule has 1 aliphatic rings. The van der Waals surface area contributed by atoms with Crippen LogP contribution in [0.5, 0.6) is 5.75 Å². The third kappa shape index (κ3) is 3.95. The van der Waals surface area contributed by atoms with E-state index in [1.54, 1.807) is 42.3 Å². The first-order valence-corrected chi connectivity index (χ1v) is 11.8. The summed E-state index contributed by atoms with van der Waals surface area (Å²) in [6.07, 6.45) is 0. The zero-order valence-electron chi connectivity index (χ0n) is 16.4. The number of methoxy groups -OCH3 is 1. The molecule has 3 aromatic carbocycles. The number of sulfonamides is 1. The summed E-state index contributed by atoms with van der Waals surface area (Å²) in [5.74, 6) is 0.447. The lowest BCUT2D eigenvalue weighted by atomic mass is 10.1. The van der Waals surface area contributed by atoms with Crippen LogP contribution >= 0.6 is 15.9 Å². The third-order valence-electron chi connectivity index (χ3n) is 5.29. The normalized spacial score (nSPS) is 15.3. The van der Waals surface area contributed by atoms with Crippen LogP contribution in [0.25, 0.3) is 10.8 Å². The minimum absolute atomic E-state index is 0.150. The molecule has 6 nitrogen and oxygen atoms in total. The molecule has 0 unspecified atom stereocenters. The summed E-state index contributed by atoms with van der Waals surface area (Å²) in [6.45, 7) is 1.16. The van der Waals surface area contributed by atoms with Crippen LogP contribution in [0.4, 0.5) is 0 Å². The fraction of sp³-hybridized carbons (Fsp3) is 0.227. The summed E-state index contributed by atoms with van der Waals surface area (Å²) < 4.78 is 33.6. The molecule has 8 heteroatoms. The number of carbonyl (C=O) groups excluding carboxylic acids is 1. The van der Waals surface area contributed by atoms with Gasteiger partial charge in [-0.25, -0.2) is 8.42 Å². The predicted octanol–water partition coefficient (Wildman–Crippen LogP) is 3.76. The smallest absolute Gasteiger partial charge is 0.255 e. The Morgan fingerprint density at radius 1 is 0.933 bits per heavy atom. The van der Waals surface area contributed by atoms with E-state index in [2.05, 4.69) is 15.9 Å². The summed E-state index contributed by atoms with van der Waals surface area (Å²) in [6, 6.07) is 18.1. The highest BCUT2D eigenvalue weighted by Crippen LogP contribution is 2.26. The molecule has 0 N–H and O–H groups in total. The Kier molecular flexibility index (Phi) is 5.81. The number of amides is 1. The average molecular weight is 489 g/mol. The van der Waals surface area contributed by atoms with Crippen molar-refractivity contribution in [2.45, 2.75) is 4.90 Å². The standard InChI is InChI=1S/C22H21BrN2O4S/c1-29-18-7-9-21(23)20(15-18)22(26)24-10-12-25(13-11-24)30(27,28)19-8-6-16-4-2-3-5-17(16)14-19/h2-9,14-15H,10-13H2,1H3. The molecule has 1 heterocycles. The molecule has 4 rings (SSSR count). The summed E-state index contributed by atoms with van der Waals surface area (Å²) in [5.41, 5.74) is 0.500. The Hall–Kier alpha value is -2.42. The Bertz CT molecular complexity index is 1200. The first-order valence-electron chi connectivity index (χ1n) is 9.52. The van der Waals surface area contributed by atoms with E-state index in [4.69, 9.17) is 4.74 Å². The molecule has 156 valence electrons. The number of hydrogen-bond acceptors (Lipinski definition) is 4. The van der Waals surface area contributed by atoms with Crippen molar-refractivity contribution in [2.75, 3.05) is 33.3 Å². The molecule has 1 fully saturated rings. The van der Waals surface area contributed by atoms with Crippen LogP contribution in [0.2, 0.25) is 0 Å². The monoisotopic (exact) mass is 488 g/mol. The molecular formula is C22H21BrN2O4S. The number of benzene rings is 3. The van der Waals surface area contributed by atoms with E-state index in [0.29, 0.717) is 28.9 Å². The second-order valence-corrected chi connectivity index (χ2v) is 9.84. The number of nitrogens with zero attached hydrogens (tertiary/aromatic N) is 2. The van der Waals surface area contributed by atoms with Gasteiger partial charge in [-0.15, -0.1) is 0 Å². The van der Waals surface area contributed by atoms with E-state index < -0.39 is 10.0 Å². The van der Waals surface area contributed by atoms with E-state index in [1.807, 2.05) is 30.3 Å². The van der Waals surface area contributed by atoms with Crippen molar-refractivity contribution >= 4 is 42.6 Å². The van der Waals surface area contributed by atoms with Gasteiger partial charge in [-0.1, -0.05) is 30.3 Å². The second-order valence-electron chi connectivity index (χ2n) is 7.05. The second kappa shape index (κ2) is 8.37.